The molecule has 0 saturated carbocycles. The van der Waals surface area contributed by atoms with E-state index < -0.39 is 10.8 Å². The normalized spacial score (nSPS) is 21.2. The van der Waals surface area contributed by atoms with Gasteiger partial charge in [0.25, 0.3) is 10.9 Å². The molecule has 1 N–H and O–H groups in total. The number of para-hydroxylation sites is 1. The summed E-state index contributed by atoms with van der Waals surface area (Å²) in [5.74, 6) is -0.464. The van der Waals surface area contributed by atoms with Crippen LogP contribution in [0.4, 0.5) is 10.5 Å². The Balaban J connectivity index is 1.34. The van der Waals surface area contributed by atoms with E-state index in [-0.39, 0.29) is 23.6 Å². The third-order valence-electron chi connectivity index (χ3n) is 7.52. The standard InChI is InChI=1S/C32H23ClN4O5S/c33-25-12-6-4-10-21(25)19-41-28-15-14-23(37(39)40)16-22(28)17-30-32(34-31(38)43-30)36-27(24-11-5-7-13-29(24)42-32)18-26(35-36)20-8-2-1-3-9-20/h1-17,27H,18-19H2,(H,34,38)/b30-17-/t27-,32+/m1/s1. The maximum Gasteiger partial charge on any atom is 0.314 e. The summed E-state index contributed by atoms with van der Waals surface area (Å²) in [5, 5.41) is 21.7. The van der Waals surface area contributed by atoms with Gasteiger partial charge in [-0.15, -0.1) is 0 Å². The van der Waals surface area contributed by atoms with Crippen LogP contribution < -0.4 is 14.8 Å². The topological polar surface area (TPSA) is 106 Å². The summed E-state index contributed by atoms with van der Waals surface area (Å²) in [5.41, 5.74) is 3.83. The van der Waals surface area contributed by atoms with Gasteiger partial charge in [0.05, 0.1) is 21.6 Å². The number of amides is 1. The average molecular weight is 611 g/mol. The number of carbonyl (C=O) groups excluding carboxylic acids is 1. The maximum atomic E-state index is 13.1. The number of thioether (sulfide) groups is 1. The highest BCUT2D eigenvalue weighted by Gasteiger charge is 2.58. The van der Waals surface area contributed by atoms with Crippen molar-refractivity contribution in [2.75, 3.05) is 0 Å². The molecule has 11 heteroatoms. The Hall–Kier alpha value is -4.80. The van der Waals surface area contributed by atoms with Crippen LogP contribution in [0.15, 0.2) is 107 Å². The lowest BCUT2D eigenvalue weighted by molar-refractivity contribution is -0.384. The third kappa shape index (κ3) is 4.88. The second-order valence-corrected chi connectivity index (χ2v) is 11.6. The molecule has 2 atom stereocenters. The Bertz CT molecular complexity index is 1830. The number of ether oxygens (including phenoxy) is 2. The maximum absolute atomic E-state index is 13.1. The summed E-state index contributed by atoms with van der Waals surface area (Å²) in [7, 11) is 0. The van der Waals surface area contributed by atoms with Gasteiger partial charge in [-0.2, -0.15) is 5.10 Å². The number of carbonyl (C=O) groups is 1. The number of halogens is 1. The minimum Gasteiger partial charge on any atom is -0.488 e. The number of nitrogens with zero attached hydrogens (tertiary/aromatic N) is 3. The lowest BCUT2D eigenvalue weighted by Gasteiger charge is -2.45. The predicted octanol–water partition coefficient (Wildman–Crippen LogP) is 7.52. The quantitative estimate of drug-likeness (QED) is 0.178. The van der Waals surface area contributed by atoms with Gasteiger partial charge in [-0.05, 0) is 41.6 Å². The number of rotatable bonds is 6. The van der Waals surface area contributed by atoms with Gasteiger partial charge in [0.1, 0.15) is 18.1 Å². The molecule has 4 aromatic carbocycles. The molecule has 3 aliphatic heterocycles. The fraction of sp³-hybridized carbons (Fsp3) is 0.125. The molecular weight excluding hydrogens is 588 g/mol. The van der Waals surface area contributed by atoms with Crippen molar-refractivity contribution >= 4 is 46.1 Å². The Morgan fingerprint density at radius 2 is 1.86 bits per heavy atom. The van der Waals surface area contributed by atoms with Gasteiger partial charge in [-0.3, -0.25) is 20.2 Å². The number of non-ortho nitro benzene ring substituents is 1. The van der Waals surface area contributed by atoms with E-state index in [0.717, 1.165) is 34.2 Å². The van der Waals surface area contributed by atoms with Gasteiger partial charge in [-0.1, -0.05) is 78.3 Å². The number of hydrazone groups is 1. The van der Waals surface area contributed by atoms with E-state index >= 15 is 0 Å². The summed E-state index contributed by atoms with van der Waals surface area (Å²) in [6.45, 7) is 0.145. The smallest absolute Gasteiger partial charge is 0.314 e. The van der Waals surface area contributed by atoms with Gasteiger partial charge < -0.3 is 9.47 Å². The molecule has 0 aliphatic carbocycles. The fourth-order valence-corrected chi connectivity index (χ4v) is 6.57. The number of nitro benzene ring substituents is 1. The van der Waals surface area contributed by atoms with Gasteiger partial charge in [0.15, 0.2) is 0 Å². The van der Waals surface area contributed by atoms with Crippen molar-refractivity contribution in [3.63, 3.8) is 0 Å². The first-order valence-corrected chi connectivity index (χ1v) is 14.7. The summed E-state index contributed by atoms with van der Waals surface area (Å²) in [6.07, 6.45) is 2.29. The second-order valence-electron chi connectivity index (χ2n) is 10.1. The zero-order valence-corrected chi connectivity index (χ0v) is 24.0. The van der Waals surface area contributed by atoms with Crippen LogP contribution in [0, 0.1) is 10.1 Å². The van der Waals surface area contributed by atoms with Gasteiger partial charge in [0.2, 0.25) is 0 Å². The SMILES string of the molecule is O=C1N[C@@]2(Oc3ccccc3[C@H]3CC(c4ccccc4)=NN32)/C(=C/c2cc([N+](=O)[O-])ccc2OCc2ccccc2Cl)S1. The summed E-state index contributed by atoms with van der Waals surface area (Å²) >= 11 is 7.29. The molecule has 1 fully saturated rings. The molecule has 1 amide bonds. The average Bonchev–Trinajstić information content (AvgIpc) is 3.60. The van der Waals surface area contributed by atoms with Crippen LogP contribution in [0.3, 0.4) is 0 Å². The first kappa shape index (κ1) is 27.1. The van der Waals surface area contributed by atoms with Crippen LogP contribution in [-0.2, 0) is 6.61 Å². The molecule has 1 spiro atoms. The minimum absolute atomic E-state index is 0.119. The lowest BCUT2D eigenvalue weighted by Crippen LogP contribution is -2.61. The van der Waals surface area contributed by atoms with E-state index in [2.05, 4.69) is 5.32 Å². The highest BCUT2D eigenvalue weighted by Crippen LogP contribution is 2.53. The van der Waals surface area contributed by atoms with E-state index in [0.29, 0.717) is 33.4 Å². The van der Waals surface area contributed by atoms with Crippen molar-refractivity contribution < 1.29 is 19.2 Å². The Labute approximate surface area is 255 Å². The molecule has 1 saturated heterocycles. The van der Waals surface area contributed by atoms with Crippen LogP contribution in [0.2, 0.25) is 5.02 Å². The highest BCUT2D eigenvalue weighted by atomic mass is 35.5. The molecular formula is C32H23ClN4O5S. The third-order valence-corrected chi connectivity index (χ3v) is 8.79. The summed E-state index contributed by atoms with van der Waals surface area (Å²) in [4.78, 5) is 24.8. The van der Waals surface area contributed by atoms with E-state index in [4.69, 9.17) is 26.2 Å². The van der Waals surface area contributed by atoms with Crippen LogP contribution >= 0.6 is 23.4 Å². The largest absolute Gasteiger partial charge is 0.488 e. The highest BCUT2D eigenvalue weighted by molar-refractivity contribution is 8.17. The van der Waals surface area contributed by atoms with Crippen LogP contribution in [-0.4, -0.2) is 26.7 Å². The number of nitrogens with one attached hydrogen (secondary N) is 1. The van der Waals surface area contributed by atoms with Gasteiger partial charge in [-0.25, -0.2) is 5.01 Å². The number of nitro groups is 1. The van der Waals surface area contributed by atoms with Crippen molar-refractivity contribution in [2.24, 2.45) is 5.10 Å². The molecule has 9 nitrogen and oxygen atoms in total. The number of benzene rings is 4. The van der Waals surface area contributed by atoms with Gasteiger partial charge in [0, 0.05) is 40.3 Å². The molecule has 43 heavy (non-hydrogen) atoms. The Morgan fingerprint density at radius 1 is 1.09 bits per heavy atom. The summed E-state index contributed by atoms with van der Waals surface area (Å²) < 4.78 is 12.7. The monoisotopic (exact) mass is 610 g/mol. The molecule has 0 radical (unpaired) electrons. The van der Waals surface area contributed by atoms with E-state index in [1.807, 2.05) is 72.8 Å². The predicted molar refractivity (Wildman–Crippen MR) is 165 cm³/mol. The summed E-state index contributed by atoms with van der Waals surface area (Å²) in [6, 6.07) is 29.0. The number of hydrogen-bond acceptors (Lipinski definition) is 8. The minimum atomic E-state index is -1.47. The zero-order chi connectivity index (χ0) is 29.6. The molecule has 0 bridgehead atoms. The molecule has 214 valence electrons. The second kappa shape index (κ2) is 10.8. The first-order valence-electron chi connectivity index (χ1n) is 13.5. The molecule has 3 aliphatic rings. The number of hydrogen-bond donors (Lipinski definition) is 1. The van der Waals surface area contributed by atoms with Crippen molar-refractivity contribution in [3.05, 3.63) is 139 Å². The van der Waals surface area contributed by atoms with E-state index in [1.165, 1.54) is 12.1 Å². The molecule has 0 aromatic heterocycles. The van der Waals surface area contributed by atoms with E-state index in [1.54, 1.807) is 23.2 Å². The van der Waals surface area contributed by atoms with Crippen molar-refractivity contribution in [2.45, 2.75) is 24.9 Å². The Kier molecular flexibility index (Phi) is 6.79. The van der Waals surface area contributed by atoms with Crippen molar-refractivity contribution in [3.8, 4) is 11.5 Å². The molecule has 0 unspecified atom stereocenters. The molecule has 7 rings (SSSR count). The number of fused-ring (bicyclic) bond motifs is 4. The fourth-order valence-electron chi connectivity index (χ4n) is 5.48. The molecule has 4 aromatic rings. The zero-order valence-electron chi connectivity index (χ0n) is 22.5. The van der Waals surface area contributed by atoms with Crippen LogP contribution in [0.5, 0.6) is 11.5 Å². The first-order chi connectivity index (χ1) is 20.9. The van der Waals surface area contributed by atoms with Crippen LogP contribution in [0.1, 0.15) is 34.7 Å². The Morgan fingerprint density at radius 3 is 2.67 bits per heavy atom. The lowest BCUT2D eigenvalue weighted by atomic mass is 9.95. The van der Waals surface area contributed by atoms with E-state index in [9.17, 15) is 14.9 Å². The van der Waals surface area contributed by atoms with Crippen LogP contribution in [0.25, 0.3) is 6.08 Å². The van der Waals surface area contributed by atoms with Crippen molar-refractivity contribution in [1.29, 1.82) is 0 Å². The molecule has 3 heterocycles. The van der Waals surface area contributed by atoms with Gasteiger partial charge >= 0.3 is 5.85 Å². The van der Waals surface area contributed by atoms with Crippen molar-refractivity contribution in [1.82, 2.24) is 10.3 Å².